The molecule has 7 nitrogen and oxygen atoms in total. The zero-order valence-electron chi connectivity index (χ0n) is 32.0. The van der Waals surface area contributed by atoms with Crippen molar-refractivity contribution in [3.8, 4) is 45.7 Å². The Bertz CT molecular complexity index is 1830. The van der Waals surface area contributed by atoms with Crippen molar-refractivity contribution in [2.75, 3.05) is 13.2 Å². The van der Waals surface area contributed by atoms with E-state index in [1.807, 2.05) is 24.3 Å². The second-order valence-corrected chi connectivity index (χ2v) is 14.7. The first-order valence-electron chi connectivity index (χ1n) is 18.7. The Balaban J connectivity index is 1.29. The van der Waals surface area contributed by atoms with E-state index in [1.165, 1.54) is 25.7 Å². The summed E-state index contributed by atoms with van der Waals surface area (Å²) in [6.45, 7) is 15.6. The number of ether oxygens (including phenoxy) is 2. The molecule has 1 heterocycles. The summed E-state index contributed by atoms with van der Waals surface area (Å²) in [5.41, 5.74) is 8.72. The van der Waals surface area contributed by atoms with Gasteiger partial charge in [-0.3, -0.25) is 0 Å². The number of nitrogens with zero attached hydrogens (tertiary/aromatic N) is 3. The lowest BCUT2D eigenvalue weighted by Crippen LogP contribution is -2.19. The molecule has 1 aromatic heterocycles. The first-order valence-corrected chi connectivity index (χ1v) is 18.7. The number of aliphatic hydroxyl groups is 1. The Morgan fingerprint density at radius 1 is 0.615 bits per heavy atom. The van der Waals surface area contributed by atoms with Crippen LogP contribution in [0.3, 0.4) is 0 Å². The minimum Gasteiger partial charge on any atom is -0.507 e. The number of benzene rings is 4. The normalized spacial score (nSPS) is 12.2. The molecule has 0 amide bonds. The average molecular weight is 702 g/mol. The summed E-state index contributed by atoms with van der Waals surface area (Å²) in [5, 5.41) is 21.3. The number of aliphatic hydroxyl groups excluding tert-OH is 1. The standard InChI is InChI=1S/C45H55N3O4/c1-8-9-10-11-12-13-21-52-41(50)20-22-51-38-18-19-39(40(49)29-38)45(6,7)37-16-14-34(15-17-37)42-46-43(35-25-30(2)23-31(3)26-35)48-44(47-42)36-27-32(4)24-33(5)28-36/h14-19,23-29,41,49-50H,8-13,20-22H2,1-7H3. The molecule has 0 radical (unpaired) electrons. The van der Waals surface area contributed by atoms with Crippen LogP contribution < -0.4 is 4.74 Å². The van der Waals surface area contributed by atoms with E-state index in [4.69, 9.17) is 24.4 Å². The van der Waals surface area contributed by atoms with Crippen LogP contribution in [-0.2, 0) is 10.2 Å². The van der Waals surface area contributed by atoms with Crippen LogP contribution in [0.1, 0.15) is 99.1 Å². The van der Waals surface area contributed by atoms with Crippen LogP contribution in [0.25, 0.3) is 34.2 Å². The van der Waals surface area contributed by atoms with Crippen LogP contribution in [0.15, 0.2) is 78.9 Å². The third kappa shape index (κ3) is 10.3. The van der Waals surface area contributed by atoms with Crippen molar-refractivity contribution in [2.45, 2.75) is 105 Å². The Kier molecular flexibility index (Phi) is 13.2. The molecule has 0 aliphatic heterocycles. The number of aromatic nitrogens is 3. The van der Waals surface area contributed by atoms with Gasteiger partial charge in [-0.05, 0) is 70.0 Å². The quantitative estimate of drug-likeness (QED) is 0.0735. The van der Waals surface area contributed by atoms with E-state index in [1.54, 1.807) is 6.07 Å². The number of aromatic hydroxyl groups is 1. The molecule has 1 unspecified atom stereocenters. The van der Waals surface area contributed by atoms with Gasteiger partial charge in [0.2, 0.25) is 0 Å². The molecule has 0 spiro atoms. The SMILES string of the molecule is CCCCCCCCOC(O)CCOc1ccc(C(C)(C)c2ccc(-c3nc(-c4cc(C)cc(C)c4)nc(-c4cc(C)cc(C)c4)n3)cc2)c(O)c1. The smallest absolute Gasteiger partial charge is 0.164 e. The van der Waals surface area contributed by atoms with Crippen molar-refractivity contribution in [3.63, 3.8) is 0 Å². The van der Waals surface area contributed by atoms with Gasteiger partial charge in [-0.2, -0.15) is 0 Å². The number of hydrogen-bond acceptors (Lipinski definition) is 7. The van der Waals surface area contributed by atoms with Crippen LogP contribution in [0.2, 0.25) is 0 Å². The zero-order chi connectivity index (χ0) is 37.3. The molecule has 7 heteroatoms. The number of phenols is 1. The summed E-state index contributed by atoms with van der Waals surface area (Å²) < 4.78 is 11.4. The number of aryl methyl sites for hydroxylation is 4. The van der Waals surface area contributed by atoms with Crippen LogP contribution in [0.4, 0.5) is 0 Å². The Morgan fingerprint density at radius 2 is 1.13 bits per heavy atom. The molecule has 274 valence electrons. The fourth-order valence-electron chi connectivity index (χ4n) is 6.75. The summed E-state index contributed by atoms with van der Waals surface area (Å²) in [4.78, 5) is 14.9. The fourth-order valence-corrected chi connectivity index (χ4v) is 6.75. The molecule has 52 heavy (non-hydrogen) atoms. The summed E-state index contributed by atoms with van der Waals surface area (Å²) in [6, 6.07) is 26.4. The predicted octanol–water partition coefficient (Wildman–Crippen LogP) is 10.6. The zero-order valence-corrected chi connectivity index (χ0v) is 32.0. The van der Waals surface area contributed by atoms with E-state index in [0.717, 1.165) is 62.9 Å². The maximum absolute atomic E-state index is 11.1. The van der Waals surface area contributed by atoms with E-state index < -0.39 is 11.7 Å². The average Bonchev–Trinajstić information content (AvgIpc) is 3.10. The molecule has 0 fully saturated rings. The molecule has 0 bridgehead atoms. The topological polar surface area (TPSA) is 97.6 Å². The summed E-state index contributed by atoms with van der Waals surface area (Å²) >= 11 is 0. The fraction of sp³-hybridized carbons (Fsp3) is 0.400. The van der Waals surface area contributed by atoms with Crippen LogP contribution in [0, 0.1) is 27.7 Å². The van der Waals surface area contributed by atoms with Gasteiger partial charge in [0, 0.05) is 46.8 Å². The van der Waals surface area contributed by atoms with E-state index in [-0.39, 0.29) is 12.4 Å². The lowest BCUT2D eigenvalue weighted by molar-refractivity contribution is -0.108. The summed E-state index contributed by atoms with van der Waals surface area (Å²) in [5.74, 6) is 2.57. The minimum atomic E-state index is -0.861. The van der Waals surface area contributed by atoms with E-state index in [9.17, 15) is 10.2 Å². The number of rotatable bonds is 17. The molecule has 0 saturated heterocycles. The highest BCUT2D eigenvalue weighted by Crippen LogP contribution is 2.39. The van der Waals surface area contributed by atoms with Gasteiger partial charge >= 0.3 is 0 Å². The van der Waals surface area contributed by atoms with Crippen molar-refractivity contribution >= 4 is 0 Å². The van der Waals surface area contributed by atoms with Gasteiger partial charge in [0.15, 0.2) is 23.8 Å². The van der Waals surface area contributed by atoms with E-state index in [0.29, 0.717) is 36.3 Å². The third-order valence-corrected chi connectivity index (χ3v) is 9.54. The molecule has 0 saturated carbocycles. The Morgan fingerprint density at radius 3 is 1.67 bits per heavy atom. The third-order valence-electron chi connectivity index (χ3n) is 9.54. The second-order valence-electron chi connectivity index (χ2n) is 14.7. The number of unbranched alkanes of at least 4 members (excludes halogenated alkanes) is 5. The lowest BCUT2D eigenvalue weighted by Gasteiger charge is -2.27. The largest absolute Gasteiger partial charge is 0.507 e. The molecule has 5 rings (SSSR count). The predicted molar refractivity (Wildman–Crippen MR) is 211 cm³/mol. The maximum atomic E-state index is 11.1. The minimum absolute atomic E-state index is 0.153. The van der Waals surface area contributed by atoms with Crippen molar-refractivity contribution < 1.29 is 19.7 Å². The Labute approximate surface area is 310 Å². The van der Waals surface area contributed by atoms with E-state index in [2.05, 4.69) is 97.0 Å². The van der Waals surface area contributed by atoms with Crippen molar-refractivity contribution in [1.82, 2.24) is 15.0 Å². The van der Waals surface area contributed by atoms with Crippen molar-refractivity contribution in [3.05, 3.63) is 112 Å². The lowest BCUT2D eigenvalue weighted by atomic mass is 9.77. The van der Waals surface area contributed by atoms with Gasteiger partial charge < -0.3 is 19.7 Å². The van der Waals surface area contributed by atoms with Crippen LogP contribution in [0.5, 0.6) is 11.5 Å². The van der Waals surface area contributed by atoms with Gasteiger partial charge in [0.1, 0.15) is 11.5 Å². The highest BCUT2D eigenvalue weighted by Gasteiger charge is 2.27. The first-order chi connectivity index (χ1) is 24.9. The molecule has 0 aliphatic carbocycles. The summed E-state index contributed by atoms with van der Waals surface area (Å²) in [6.07, 6.45) is 6.55. The molecule has 5 aromatic rings. The molecular formula is C45H55N3O4. The maximum Gasteiger partial charge on any atom is 0.164 e. The molecule has 2 N–H and O–H groups in total. The Hall–Kier alpha value is -4.59. The summed E-state index contributed by atoms with van der Waals surface area (Å²) in [7, 11) is 0. The molecule has 1 atom stereocenters. The van der Waals surface area contributed by atoms with Crippen LogP contribution in [-0.4, -0.2) is 44.7 Å². The van der Waals surface area contributed by atoms with E-state index >= 15 is 0 Å². The molecule has 0 aliphatic rings. The van der Waals surface area contributed by atoms with Crippen LogP contribution >= 0.6 is 0 Å². The highest BCUT2D eigenvalue weighted by atomic mass is 16.6. The van der Waals surface area contributed by atoms with Gasteiger partial charge in [-0.25, -0.2) is 15.0 Å². The molecular weight excluding hydrogens is 647 g/mol. The monoisotopic (exact) mass is 701 g/mol. The van der Waals surface area contributed by atoms with Gasteiger partial charge in [0.05, 0.1) is 6.61 Å². The van der Waals surface area contributed by atoms with Gasteiger partial charge in [-0.15, -0.1) is 0 Å². The van der Waals surface area contributed by atoms with Crippen molar-refractivity contribution in [2.24, 2.45) is 0 Å². The van der Waals surface area contributed by atoms with Gasteiger partial charge in [-0.1, -0.05) is 118 Å². The highest BCUT2D eigenvalue weighted by molar-refractivity contribution is 5.68. The molecule has 4 aromatic carbocycles. The number of hydrogen-bond donors (Lipinski definition) is 2. The second kappa shape index (κ2) is 17.8. The first kappa shape index (κ1) is 38.6. The van der Waals surface area contributed by atoms with Gasteiger partial charge in [0.25, 0.3) is 0 Å². The number of phenolic OH excluding ortho intramolecular Hbond substituents is 1. The van der Waals surface area contributed by atoms with Crippen molar-refractivity contribution in [1.29, 1.82) is 0 Å².